The molecular formula is C15H19NO5. The molecule has 1 aromatic carbocycles. The van der Waals surface area contributed by atoms with Gasteiger partial charge in [0.1, 0.15) is 0 Å². The van der Waals surface area contributed by atoms with Crippen LogP contribution in [0.1, 0.15) is 42.5 Å². The van der Waals surface area contributed by atoms with E-state index in [0.29, 0.717) is 12.8 Å². The molecule has 2 atom stereocenters. The fraction of sp³-hybridized carbons (Fsp3) is 0.467. The Morgan fingerprint density at radius 2 is 1.76 bits per heavy atom. The van der Waals surface area contributed by atoms with Crippen molar-refractivity contribution in [1.29, 1.82) is 0 Å². The molecule has 4 N–H and O–H groups in total. The van der Waals surface area contributed by atoms with Crippen molar-refractivity contribution < 1.29 is 24.9 Å². The van der Waals surface area contributed by atoms with E-state index in [-0.39, 0.29) is 17.1 Å². The van der Waals surface area contributed by atoms with Crippen LogP contribution in [-0.2, 0) is 4.79 Å². The zero-order chi connectivity index (χ0) is 15.4. The van der Waals surface area contributed by atoms with Crippen LogP contribution in [-0.4, -0.2) is 33.2 Å². The molecular weight excluding hydrogens is 274 g/mol. The summed E-state index contributed by atoms with van der Waals surface area (Å²) >= 11 is 0. The van der Waals surface area contributed by atoms with E-state index in [1.807, 2.05) is 0 Å². The molecule has 0 radical (unpaired) electrons. The molecule has 0 aromatic heterocycles. The molecule has 0 bridgehead atoms. The van der Waals surface area contributed by atoms with E-state index < -0.39 is 23.8 Å². The minimum Gasteiger partial charge on any atom is -0.504 e. The number of rotatable bonds is 3. The van der Waals surface area contributed by atoms with Crippen molar-refractivity contribution in [2.45, 2.75) is 38.1 Å². The highest BCUT2D eigenvalue weighted by atomic mass is 16.4. The number of hydrogen-bond donors (Lipinski definition) is 4. The molecule has 2 unspecified atom stereocenters. The summed E-state index contributed by atoms with van der Waals surface area (Å²) in [6.45, 7) is 0. The highest BCUT2D eigenvalue weighted by molar-refractivity contribution is 5.95. The predicted octanol–water partition coefficient (Wildman–Crippen LogP) is 1.86. The van der Waals surface area contributed by atoms with Crippen molar-refractivity contribution in [3.63, 3.8) is 0 Å². The fourth-order valence-corrected chi connectivity index (χ4v) is 2.69. The molecule has 1 amide bonds. The summed E-state index contributed by atoms with van der Waals surface area (Å²) in [5, 5.41) is 30.7. The van der Waals surface area contributed by atoms with E-state index >= 15 is 0 Å². The molecule has 114 valence electrons. The molecule has 21 heavy (non-hydrogen) atoms. The first-order valence-corrected chi connectivity index (χ1v) is 7.04. The summed E-state index contributed by atoms with van der Waals surface area (Å²) in [6.07, 6.45) is 3.89. The molecule has 1 aliphatic carbocycles. The zero-order valence-corrected chi connectivity index (χ0v) is 11.6. The van der Waals surface area contributed by atoms with E-state index in [9.17, 15) is 24.9 Å². The predicted molar refractivity (Wildman–Crippen MR) is 75.2 cm³/mol. The topological polar surface area (TPSA) is 107 Å². The van der Waals surface area contributed by atoms with Gasteiger partial charge in [-0.25, -0.2) is 0 Å². The maximum absolute atomic E-state index is 12.2. The number of phenols is 2. The molecule has 0 spiro atoms. The van der Waals surface area contributed by atoms with Crippen molar-refractivity contribution >= 4 is 11.9 Å². The maximum Gasteiger partial charge on any atom is 0.308 e. The number of benzene rings is 1. The largest absolute Gasteiger partial charge is 0.504 e. The van der Waals surface area contributed by atoms with Gasteiger partial charge in [-0.1, -0.05) is 19.3 Å². The monoisotopic (exact) mass is 293 g/mol. The Kier molecular flexibility index (Phi) is 4.67. The first kappa shape index (κ1) is 15.2. The highest BCUT2D eigenvalue weighted by Crippen LogP contribution is 2.26. The summed E-state index contributed by atoms with van der Waals surface area (Å²) in [4.78, 5) is 23.5. The summed E-state index contributed by atoms with van der Waals surface area (Å²) in [6, 6.07) is 3.37. The Balaban J connectivity index is 2.12. The normalized spacial score (nSPS) is 22.3. The van der Waals surface area contributed by atoms with Crippen molar-refractivity contribution in [3.05, 3.63) is 23.8 Å². The van der Waals surface area contributed by atoms with Gasteiger partial charge in [-0.3, -0.25) is 9.59 Å². The Morgan fingerprint density at radius 1 is 1.05 bits per heavy atom. The van der Waals surface area contributed by atoms with Gasteiger partial charge in [0.15, 0.2) is 11.5 Å². The second kappa shape index (κ2) is 6.47. The van der Waals surface area contributed by atoms with Crippen LogP contribution >= 0.6 is 0 Å². The Bertz CT molecular complexity index is 543. The van der Waals surface area contributed by atoms with Gasteiger partial charge in [0.2, 0.25) is 0 Å². The molecule has 1 fully saturated rings. The van der Waals surface area contributed by atoms with Crippen molar-refractivity contribution in [2.24, 2.45) is 5.92 Å². The van der Waals surface area contributed by atoms with E-state index in [0.717, 1.165) is 25.3 Å². The third kappa shape index (κ3) is 3.65. The number of aliphatic carboxylic acids is 1. The van der Waals surface area contributed by atoms with E-state index in [1.165, 1.54) is 12.1 Å². The van der Waals surface area contributed by atoms with Gasteiger partial charge in [0, 0.05) is 11.6 Å². The molecule has 2 rings (SSSR count). The fourth-order valence-electron chi connectivity index (χ4n) is 2.69. The first-order valence-electron chi connectivity index (χ1n) is 7.04. The van der Waals surface area contributed by atoms with Crippen LogP contribution in [0.3, 0.4) is 0 Å². The maximum atomic E-state index is 12.2. The lowest BCUT2D eigenvalue weighted by atomic mass is 9.94. The van der Waals surface area contributed by atoms with Crippen LogP contribution in [0.5, 0.6) is 11.5 Å². The second-order valence-electron chi connectivity index (χ2n) is 5.37. The van der Waals surface area contributed by atoms with E-state index in [4.69, 9.17) is 0 Å². The van der Waals surface area contributed by atoms with Crippen LogP contribution in [0.2, 0.25) is 0 Å². The summed E-state index contributed by atoms with van der Waals surface area (Å²) in [5.41, 5.74) is 0.193. The van der Waals surface area contributed by atoms with Crippen molar-refractivity contribution in [3.8, 4) is 11.5 Å². The Morgan fingerprint density at radius 3 is 2.43 bits per heavy atom. The Labute approximate surface area is 122 Å². The molecule has 0 heterocycles. The SMILES string of the molecule is O=C(NC1CCCCCC1C(=O)O)c1ccc(O)c(O)c1. The van der Waals surface area contributed by atoms with Gasteiger partial charge >= 0.3 is 5.97 Å². The number of nitrogens with one attached hydrogen (secondary N) is 1. The summed E-state index contributed by atoms with van der Waals surface area (Å²) < 4.78 is 0. The van der Waals surface area contributed by atoms with E-state index in [1.54, 1.807) is 0 Å². The smallest absolute Gasteiger partial charge is 0.308 e. The summed E-state index contributed by atoms with van der Waals surface area (Å²) in [7, 11) is 0. The first-order chi connectivity index (χ1) is 9.99. The minimum absolute atomic E-state index is 0.193. The lowest BCUT2D eigenvalue weighted by molar-refractivity contribution is -0.142. The van der Waals surface area contributed by atoms with Crippen molar-refractivity contribution in [2.75, 3.05) is 0 Å². The van der Waals surface area contributed by atoms with Gasteiger partial charge in [0.05, 0.1) is 5.92 Å². The third-order valence-electron chi connectivity index (χ3n) is 3.89. The second-order valence-corrected chi connectivity index (χ2v) is 5.37. The number of phenolic OH excluding ortho intramolecular Hbond substituents is 2. The molecule has 0 saturated heterocycles. The van der Waals surface area contributed by atoms with Crippen LogP contribution in [0.25, 0.3) is 0 Å². The van der Waals surface area contributed by atoms with Gasteiger partial charge in [-0.05, 0) is 31.0 Å². The van der Waals surface area contributed by atoms with Crippen LogP contribution in [0, 0.1) is 5.92 Å². The van der Waals surface area contributed by atoms with Crippen LogP contribution in [0.4, 0.5) is 0 Å². The number of carbonyl (C=O) groups is 2. The van der Waals surface area contributed by atoms with Crippen molar-refractivity contribution in [1.82, 2.24) is 5.32 Å². The molecule has 6 nitrogen and oxygen atoms in total. The minimum atomic E-state index is -0.893. The molecule has 1 aromatic rings. The quantitative estimate of drug-likeness (QED) is 0.502. The van der Waals surface area contributed by atoms with Gasteiger partial charge in [-0.15, -0.1) is 0 Å². The van der Waals surface area contributed by atoms with Crippen LogP contribution in [0.15, 0.2) is 18.2 Å². The third-order valence-corrected chi connectivity index (χ3v) is 3.89. The summed E-state index contributed by atoms with van der Waals surface area (Å²) in [5.74, 6) is -2.59. The van der Waals surface area contributed by atoms with Gasteiger partial charge in [0.25, 0.3) is 5.91 Å². The number of hydrogen-bond acceptors (Lipinski definition) is 4. The average molecular weight is 293 g/mol. The number of aromatic hydroxyl groups is 2. The highest BCUT2D eigenvalue weighted by Gasteiger charge is 2.30. The molecule has 0 aliphatic heterocycles. The molecule has 1 aliphatic rings. The number of carboxylic acids is 1. The lowest BCUT2D eigenvalue weighted by Gasteiger charge is -2.23. The van der Waals surface area contributed by atoms with Crippen LogP contribution < -0.4 is 5.32 Å². The number of carboxylic acid groups (broad SMARTS) is 1. The number of carbonyl (C=O) groups excluding carboxylic acids is 1. The average Bonchev–Trinajstić information content (AvgIpc) is 2.67. The van der Waals surface area contributed by atoms with Gasteiger partial charge < -0.3 is 20.6 Å². The lowest BCUT2D eigenvalue weighted by Crippen LogP contribution is -2.42. The molecule has 6 heteroatoms. The molecule has 1 saturated carbocycles. The zero-order valence-electron chi connectivity index (χ0n) is 11.6. The van der Waals surface area contributed by atoms with E-state index in [2.05, 4.69) is 5.32 Å². The number of amides is 1. The Hall–Kier alpha value is -2.24. The van der Waals surface area contributed by atoms with Gasteiger partial charge in [-0.2, -0.15) is 0 Å². The standard InChI is InChI=1S/C15H19NO5/c17-12-7-6-9(8-13(12)18)14(19)16-11-5-3-1-2-4-10(11)15(20)21/h6-8,10-11,17-18H,1-5H2,(H,16,19)(H,20,21).